The molecule has 1 atom stereocenters. The van der Waals surface area contributed by atoms with E-state index in [9.17, 15) is 13.6 Å². The SMILES string of the molecule is CC(Cc1ccc(OC(F)F)c(CBr)c1)OC(=O)OC(C)(C)C. The third-order valence-corrected chi connectivity index (χ3v) is 3.30. The third-order valence-electron chi connectivity index (χ3n) is 2.70. The highest BCUT2D eigenvalue weighted by atomic mass is 79.9. The fraction of sp³-hybridized carbons (Fsp3) is 0.562. The summed E-state index contributed by atoms with van der Waals surface area (Å²) >= 11 is 3.24. The molecule has 0 saturated heterocycles. The Morgan fingerprint density at radius 1 is 1.30 bits per heavy atom. The molecule has 4 nitrogen and oxygen atoms in total. The zero-order valence-electron chi connectivity index (χ0n) is 13.6. The van der Waals surface area contributed by atoms with Gasteiger partial charge in [-0.25, -0.2) is 4.79 Å². The van der Waals surface area contributed by atoms with Gasteiger partial charge in [-0.2, -0.15) is 8.78 Å². The van der Waals surface area contributed by atoms with Gasteiger partial charge in [0.05, 0.1) is 0 Å². The van der Waals surface area contributed by atoms with Crippen molar-refractivity contribution >= 4 is 22.1 Å². The van der Waals surface area contributed by atoms with E-state index in [1.165, 1.54) is 6.07 Å². The van der Waals surface area contributed by atoms with Crippen molar-refractivity contribution in [3.05, 3.63) is 29.3 Å². The monoisotopic (exact) mass is 394 g/mol. The maximum atomic E-state index is 12.3. The summed E-state index contributed by atoms with van der Waals surface area (Å²) in [6, 6.07) is 4.89. The van der Waals surface area contributed by atoms with Crippen LogP contribution in [0.3, 0.4) is 0 Å². The van der Waals surface area contributed by atoms with E-state index >= 15 is 0 Å². The quantitative estimate of drug-likeness (QED) is 0.499. The van der Waals surface area contributed by atoms with E-state index in [0.717, 1.165) is 5.56 Å². The maximum absolute atomic E-state index is 12.3. The van der Waals surface area contributed by atoms with Crippen LogP contribution in [0.1, 0.15) is 38.8 Å². The molecule has 130 valence electrons. The number of ether oxygens (including phenoxy) is 3. The van der Waals surface area contributed by atoms with E-state index in [2.05, 4.69) is 20.7 Å². The number of hydrogen-bond acceptors (Lipinski definition) is 4. The summed E-state index contributed by atoms with van der Waals surface area (Å²) in [7, 11) is 0. The fourth-order valence-electron chi connectivity index (χ4n) is 1.89. The average molecular weight is 395 g/mol. The molecule has 1 unspecified atom stereocenters. The summed E-state index contributed by atoms with van der Waals surface area (Å²) in [5, 5.41) is 0.379. The second-order valence-corrected chi connectivity index (χ2v) is 6.61. The van der Waals surface area contributed by atoms with E-state index < -0.39 is 24.5 Å². The molecule has 0 fully saturated rings. The van der Waals surface area contributed by atoms with Crippen LogP contribution in [0.15, 0.2) is 18.2 Å². The minimum absolute atomic E-state index is 0.126. The maximum Gasteiger partial charge on any atom is 0.509 e. The highest BCUT2D eigenvalue weighted by Gasteiger charge is 2.20. The first-order valence-corrected chi connectivity index (χ1v) is 8.25. The van der Waals surface area contributed by atoms with Crippen molar-refractivity contribution in [3.8, 4) is 5.75 Å². The van der Waals surface area contributed by atoms with Crippen LogP contribution < -0.4 is 4.74 Å². The molecule has 7 heteroatoms. The van der Waals surface area contributed by atoms with Crippen molar-refractivity contribution in [2.24, 2.45) is 0 Å². The minimum Gasteiger partial charge on any atom is -0.435 e. The van der Waals surface area contributed by atoms with Gasteiger partial charge in [0.25, 0.3) is 0 Å². The molecule has 0 spiro atoms. The lowest BCUT2D eigenvalue weighted by molar-refractivity contribution is -0.0504. The lowest BCUT2D eigenvalue weighted by Crippen LogP contribution is -2.27. The Morgan fingerprint density at radius 3 is 2.48 bits per heavy atom. The molecule has 0 aromatic heterocycles. The summed E-state index contributed by atoms with van der Waals surface area (Å²) in [5.41, 5.74) is 0.832. The highest BCUT2D eigenvalue weighted by molar-refractivity contribution is 9.08. The molecule has 0 heterocycles. The first kappa shape index (κ1) is 19.7. The van der Waals surface area contributed by atoms with Crippen LogP contribution in [0.4, 0.5) is 13.6 Å². The van der Waals surface area contributed by atoms with E-state index in [4.69, 9.17) is 9.47 Å². The number of halogens is 3. The molecule has 23 heavy (non-hydrogen) atoms. The molecule has 0 saturated carbocycles. The summed E-state index contributed by atoms with van der Waals surface area (Å²) in [6.45, 7) is 4.13. The topological polar surface area (TPSA) is 44.8 Å². The van der Waals surface area contributed by atoms with Crippen LogP contribution in [0.2, 0.25) is 0 Å². The predicted molar refractivity (Wildman–Crippen MR) is 86.2 cm³/mol. The van der Waals surface area contributed by atoms with E-state index in [1.54, 1.807) is 39.8 Å². The predicted octanol–water partition coefficient (Wildman–Crippen LogP) is 5.07. The first-order valence-electron chi connectivity index (χ1n) is 7.13. The van der Waals surface area contributed by atoms with Crippen LogP contribution in [0, 0.1) is 0 Å². The lowest BCUT2D eigenvalue weighted by Gasteiger charge is -2.21. The number of carbonyl (C=O) groups excluding carboxylic acids is 1. The van der Waals surface area contributed by atoms with Crippen molar-refractivity contribution in [1.82, 2.24) is 0 Å². The Kier molecular flexibility index (Phi) is 7.25. The Balaban J connectivity index is 2.68. The molecule has 0 amide bonds. The second-order valence-electron chi connectivity index (χ2n) is 6.05. The Hall–Kier alpha value is -1.37. The minimum atomic E-state index is -2.87. The number of hydrogen-bond donors (Lipinski definition) is 0. The van der Waals surface area contributed by atoms with Crippen LogP contribution >= 0.6 is 15.9 Å². The molecule has 0 N–H and O–H groups in total. The third kappa shape index (κ3) is 7.63. The molecule has 1 rings (SSSR count). The lowest BCUT2D eigenvalue weighted by atomic mass is 10.1. The Labute approximate surface area is 143 Å². The van der Waals surface area contributed by atoms with Crippen LogP contribution in [0.25, 0.3) is 0 Å². The van der Waals surface area contributed by atoms with Gasteiger partial charge >= 0.3 is 12.8 Å². The Bertz CT molecular complexity index is 529. The number of rotatable bonds is 6. The zero-order valence-corrected chi connectivity index (χ0v) is 15.2. The average Bonchev–Trinajstić information content (AvgIpc) is 2.37. The zero-order chi connectivity index (χ0) is 17.6. The standard InChI is InChI=1S/C16H21BrF2O4/c1-10(21-15(20)23-16(2,3)4)7-11-5-6-13(22-14(18)19)12(8-11)9-17/h5-6,8,10,14H,7,9H2,1-4H3. The molecule has 0 aliphatic rings. The van der Waals surface area contributed by atoms with Gasteiger partial charge in [0, 0.05) is 17.3 Å². The van der Waals surface area contributed by atoms with E-state index in [-0.39, 0.29) is 5.75 Å². The smallest absolute Gasteiger partial charge is 0.435 e. The van der Waals surface area contributed by atoms with Gasteiger partial charge in [0.1, 0.15) is 17.5 Å². The van der Waals surface area contributed by atoms with Gasteiger partial charge in [-0.15, -0.1) is 0 Å². The van der Waals surface area contributed by atoms with Crippen molar-refractivity contribution in [2.45, 2.75) is 57.8 Å². The first-order chi connectivity index (χ1) is 10.6. The Morgan fingerprint density at radius 2 is 1.96 bits per heavy atom. The van der Waals surface area contributed by atoms with Gasteiger partial charge < -0.3 is 14.2 Å². The molecular weight excluding hydrogens is 374 g/mol. The van der Waals surface area contributed by atoms with Crippen LogP contribution in [0.5, 0.6) is 5.75 Å². The van der Waals surface area contributed by atoms with Gasteiger partial charge in [0.15, 0.2) is 0 Å². The fourth-order valence-corrected chi connectivity index (χ4v) is 2.33. The van der Waals surface area contributed by atoms with E-state index in [0.29, 0.717) is 17.3 Å². The van der Waals surface area contributed by atoms with Crippen LogP contribution in [-0.4, -0.2) is 24.5 Å². The summed E-state index contributed by atoms with van der Waals surface area (Å²) in [5.74, 6) is 0.126. The summed E-state index contributed by atoms with van der Waals surface area (Å²) in [6.07, 6.45) is -0.702. The largest absolute Gasteiger partial charge is 0.509 e. The van der Waals surface area contributed by atoms with Gasteiger partial charge in [-0.3, -0.25) is 0 Å². The molecule has 0 aliphatic carbocycles. The molecule has 0 aliphatic heterocycles. The molecule has 1 aromatic carbocycles. The second kappa shape index (κ2) is 8.47. The van der Waals surface area contributed by atoms with Crippen molar-refractivity contribution in [2.75, 3.05) is 0 Å². The van der Waals surface area contributed by atoms with E-state index in [1.807, 2.05) is 0 Å². The van der Waals surface area contributed by atoms with Gasteiger partial charge in [-0.05, 0) is 39.3 Å². The molecular formula is C16H21BrF2O4. The van der Waals surface area contributed by atoms with Crippen molar-refractivity contribution in [1.29, 1.82) is 0 Å². The highest BCUT2D eigenvalue weighted by Crippen LogP contribution is 2.25. The van der Waals surface area contributed by atoms with Crippen molar-refractivity contribution in [3.63, 3.8) is 0 Å². The number of benzene rings is 1. The number of carbonyl (C=O) groups is 1. The molecule has 1 aromatic rings. The van der Waals surface area contributed by atoms with Crippen molar-refractivity contribution < 1.29 is 27.8 Å². The number of alkyl halides is 3. The molecule has 0 bridgehead atoms. The normalized spacial score (nSPS) is 12.9. The van der Waals surface area contributed by atoms with Gasteiger partial charge in [0.2, 0.25) is 0 Å². The van der Waals surface area contributed by atoms with Gasteiger partial charge in [-0.1, -0.05) is 28.1 Å². The molecule has 0 radical (unpaired) electrons. The van der Waals surface area contributed by atoms with Crippen LogP contribution in [-0.2, 0) is 21.2 Å². The summed E-state index contributed by atoms with van der Waals surface area (Å²) in [4.78, 5) is 11.6. The summed E-state index contributed by atoms with van der Waals surface area (Å²) < 4.78 is 39.3.